The molecule has 7 nitrogen and oxygen atoms in total. The van der Waals surface area contributed by atoms with Crippen molar-refractivity contribution in [3.05, 3.63) is 0 Å². The van der Waals surface area contributed by atoms with Crippen LogP contribution >= 0.6 is 0 Å². The van der Waals surface area contributed by atoms with Crippen molar-refractivity contribution < 1.29 is 35.4 Å². The van der Waals surface area contributed by atoms with Crippen molar-refractivity contribution in [2.24, 2.45) is 0 Å². The Hall–Kier alpha value is -0.280. The Morgan fingerprint density at radius 3 is 2.07 bits per heavy atom. The first-order valence-electron chi connectivity index (χ1n) is 4.15. The number of hydrogen-bond donors (Lipinski definition) is 6. The third-order valence-corrected chi connectivity index (χ3v) is 2.19. The van der Waals surface area contributed by atoms with Gasteiger partial charge in [0.25, 0.3) is 0 Å². The van der Waals surface area contributed by atoms with Crippen molar-refractivity contribution in [1.29, 1.82) is 0 Å². The predicted molar refractivity (Wildman–Crippen MR) is 42.0 cm³/mol. The molecule has 0 bridgehead atoms. The van der Waals surface area contributed by atoms with Gasteiger partial charge in [-0.1, -0.05) is 0 Å². The molecule has 1 rings (SSSR count). The topological polar surface area (TPSA) is 131 Å². The summed E-state index contributed by atoms with van der Waals surface area (Å²) in [4.78, 5) is 0. The molecule has 84 valence electrons. The highest BCUT2D eigenvalue weighted by molar-refractivity contribution is 4.91. The Labute approximate surface area is 79.8 Å². The summed E-state index contributed by atoms with van der Waals surface area (Å²) in [7, 11) is 0. The lowest BCUT2D eigenvalue weighted by molar-refractivity contribution is -0.298. The lowest BCUT2D eigenvalue weighted by atomic mass is 9.96. The van der Waals surface area contributed by atoms with Gasteiger partial charge < -0.3 is 35.4 Å². The summed E-state index contributed by atoms with van der Waals surface area (Å²) in [5.41, 5.74) is 0. The summed E-state index contributed by atoms with van der Waals surface area (Å²) in [6.07, 6.45) is -9.26. The van der Waals surface area contributed by atoms with Gasteiger partial charge in [0, 0.05) is 0 Å². The molecule has 1 aliphatic rings. The number of aliphatic hydroxyl groups excluding tert-OH is 6. The van der Waals surface area contributed by atoms with Crippen molar-refractivity contribution in [3.63, 3.8) is 0 Å². The first kappa shape index (κ1) is 11.8. The lowest BCUT2D eigenvalue weighted by Crippen LogP contribution is -2.61. The minimum absolute atomic E-state index is 0.683. The van der Waals surface area contributed by atoms with Crippen LogP contribution in [0.1, 0.15) is 0 Å². The summed E-state index contributed by atoms with van der Waals surface area (Å²) < 4.78 is 4.62. The Morgan fingerprint density at radius 2 is 1.57 bits per heavy atom. The predicted octanol–water partition coefficient (Wildman–Crippen LogP) is -3.86. The summed E-state index contributed by atoms with van der Waals surface area (Å²) in [5, 5.41) is 54.3. The quantitative estimate of drug-likeness (QED) is 0.275. The zero-order valence-corrected chi connectivity index (χ0v) is 7.26. The third-order valence-electron chi connectivity index (χ3n) is 2.19. The highest BCUT2D eigenvalue weighted by atomic mass is 16.6. The second kappa shape index (κ2) is 4.49. The molecule has 0 aliphatic carbocycles. The molecule has 0 amide bonds. The second-order valence-electron chi connectivity index (χ2n) is 3.21. The standard InChI is InChI=1S/C7H14O7/c8-1-2(9)6-4(11)3(10)5(12)7(13)14-6/h2-13H,1H2/t2-,3-,4-,5-,6-,7-/m1/s1. The first-order chi connectivity index (χ1) is 6.49. The molecule has 0 radical (unpaired) electrons. The molecule has 1 heterocycles. The summed E-state index contributed by atoms with van der Waals surface area (Å²) in [5.74, 6) is 0. The van der Waals surface area contributed by atoms with Crippen molar-refractivity contribution in [3.8, 4) is 0 Å². The normalized spacial score (nSPS) is 46.3. The monoisotopic (exact) mass is 210 g/mol. The maximum Gasteiger partial charge on any atom is 0.184 e. The van der Waals surface area contributed by atoms with Crippen molar-refractivity contribution >= 4 is 0 Å². The number of aliphatic hydroxyl groups is 6. The van der Waals surface area contributed by atoms with Crippen LogP contribution in [-0.4, -0.2) is 74.1 Å². The Bertz CT molecular complexity index is 187. The first-order valence-corrected chi connectivity index (χ1v) is 4.15. The van der Waals surface area contributed by atoms with E-state index >= 15 is 0 Å². The number of rotatable bonds is 2. The van der Waals surface area contributed by atoms with Crippen LogP contribution < -0.4 is 0 Å². The Morgan fingerprint density at radius 1 is 1.00 bits per heavy atom. The van der Waals surface area contributed by atoms with Gasteiger partial charge in [0.2, 0.25) is 0 Å². The summed E-state index contributed by atoms with van der Waals surface area (Å²) >= 11 is 0. The Balaban J connectivity index is 2.70. The van der Waals surface area contributed by atoms with E-state index in [1.54, 1.807) is 0 Å². The van der Waals surface area contributed by atoms with Gasteiger partial charge in [0.05, 0.1) is 6.61 Å². The van der Waals surface area contributed by atoms with Gasteiger partial charge in [-0.25, -0.2) is 0 Å². The molecule has 0 spiro atoms. The summed E-state index contributed by atoms with van der Waals surface area (Å²) in [6.45, 7) is -0.683. The van der Waals surface area contributed by atoms with Crippen LogP contribution in [0.3, 0.4) is 0 Å². The minimum Gasteiger partial charge on any atom is -0.394 e. The van der Waals surface area contributed by atoms with Crippen LogP contribution in [0.5, 0.6) is 0 Å². The molecule has 0 aromatic heterocycles. The van der Waals surface area contributed by atoms with E-state index < -0.39 is 43.4 Å². The molecule has 0 unspecified atom stereocenters. The maximum atomic E-state index is 9.31. The lowest BCUT2D eigenvalue weighted by Gasteiger charge is -2.39. The molecule has 6 atom stereocenters. The van der Waals surface area contributed by atoms with Crippen molar-refractivity contribution in [1.82, 2.24) is 0 Å². The van der Waals surface area contributed by atoms with Crippen LogP contribution in [0, 0.1) is 0 Å². The molecule has 0 aromatic carbocycles. The maximum absolute atomic E-state index is 9.31. The molecular weight excluding hydrogens is 196 g/mol. The fourth-order valence-corrected chi connectivity index (χ4v) is 1.31. The average Bonchev–Trinajstić information content (AvgIpc) is 2.19. The van der Waals surface area contributed by atoms with Gasteiger partial charge in [-0.15, -0.1) is 0 Å². The van der Waals surface area contributed by atoms with E-state index in [2.05, 4.69) is 4.74 Å². The average molecular weight is 210 g/mol. The summed E-state index contributed by atoms with van der Waals surface area (Å²) in [6, 6.07) is 0. The van der Waals surface area contributed by atoms with Crippen LogP contribution in [-0.2, 0) is 4.74 Å². The molecule has 1 fully saturated rings. The van der Waals surface area contributed by atoms with E-state index in [1.165, 1.54) is 0 Å². The smallest absolute Gasteiger partial charge is 0.184 e. The molecule has 0 aromatic rings. The van der Waals surface area contributed by atoms with Gasteiger partial charge >= 0.3 is 0 Å². The second-order valence-corrected chi connectivity index (χ2v) is 3.21. The van der Waals surface area contributed by atoms with E-state index in [-0.39, 0.29) is 0 Å². The van der Waals surface area contributed by atoms with E-state index in [0.29, 0.717) is 0 Å². The fraction of sp³-hybridized carbons (Fsp3) is 1.00. The largest absolute Gasteiger partial charge is 0.394 e. The van der Waals surface area contributed by atoms with Crippen molar-refractivity contribution in [2.75, 3.05) is 6.61 Å². The zero-order valence-electron chi connectivity index (χ0n) is 7.26. The van der Waals surface area contributed by atoms with Crippen LogP contribution in [0.2, 0.25) is 0 Å². The molecular formula is C7H14O7. The SMILES string of the molecule is OC[C@@H](O)[C@H]1O[C@@H](O)[C@H](O)[C@H](O)[C@H]1O. The van der Waals surface area contributed by atoms with Gasteiger partial charge in [-0.2, -0.15) is 0 Å². The van der Waals surface area contributed by atoms with Gasteiger partial charge in [0.15, 0.2) is 6.29 Å². The fourth-order valence-electron chi connectivity index (χ4n) is 1.31. The van der Waals surface area contributed by atoms with Gasteiger partial charge in [-0.05, 0) is 0 Å². The third kappa shape index (κ3) is 2.04. The van der Waals surface area contributed by atoms with E-state index in [1.807, 2.05) is 0 Å². The molecule has 6 N–H and O–H groups in total. The molecule has 0 saturated carbocycles. The van der Waals surface area contributed by atoms with Crippen LogP contribution in [0.25, 0.3) is 0 Å². The van der Waals surface area contributed by atoms with Crippen LogP contribution in [0.15, 0.2) is 0 Å². The van der Waals surface area contributed by atoms with E-state index in [0.717, 1.165) is 0 Å². The number of ether oxygens (including phenoxy) is 1. The highest BCUT2D eigenvalue weighted by Gasteiger charge is 2.45. The number of hydrogen-bond acceptors (Lipinski definition) is 7. The van der Waals surface area contributed by atoms with Crippen LogP contribution in [0.4, 0.5) is 0 Å². The van der Waals surface area contributed by atoms with E-state index in [4.69, 9.17) is 20.4 Å². The van der Waals surface area contributed by atoms with E-state index in [9.17, 15) is 10.2 Å². The minimum atomic E-state index is -1.69. The molecule has 1 saturated heterocycles. The van der Waals surface area contributed by atoms with Gasteiger partial charge in [0.1, 0.15) is 30.5 Å². The highest BCUT2D eigenvalue weighted by Crippen LogP contribution is 2.21. The molecule has 14 heavy (non-hydrogen) atoms. The zero-order chi connectivity index (χ0) is 10.9. The molecule has 7 heteroatoms. The van der Waals surface area contributed by atoms with Gasteiger partial charge in [-0.3, -0.25) is 0 Å². The Kier molecular flexibility index (Phi) is 3.78. The van der Waals surface area contributed by atoms with Crippen molar-refractivity contribution in [2.45, 2.75) is 36.8 Å². The molecule has 1 aliphatic heterocycles.